The Morgan fingerprint density at radius 2 is 1.89 bits per heavy atom. The van der Waals surface area contributed by atoms with Crippen molar-refractivity contribution in [3.05, 3.63) is 59.3 Å². The minimum absolute atomic E-state index is 0.188. The van der Waals surface area contributed by atoms with Crippen LogP contribution in [0.4, 0.5) is 4.39 Å². The van der Waals surface area contributed by atoms with Gasteiger partial charge in [0.25, 0.3) is 0 Å². The standard InChI is InChI=1S/C22H27FN2O2/c1-2-18-8-9-19(27-18)15-24-13-11-22(16-24)10-5-12-25(21(22)26)14-17-6-3-4-7-20(17)23/h3-4,6-9H,2,5,10-16H2,1H3/t22-/m0/s1. The van der Waals surface area contributed by atoms with E-state index in [1.165, 1.54) is 6.07 Å². The molecule has 2 fully saturated rings. The summed E-state index contributed by atoms with van der Waals surface area (Å²) in [5.41, 5.74) is 0.282. The molecule has 0 bridgehead atoms. The van der Waals surface area contributed by atoms with Crippen molar-refractivity contribution < 1.29 is 13.6 Å². The van der Waals surface area contributed by atoms with E-state index in [0.717, 1.165) is 56.8 Å². The molecule has 5 heteroatoms. The molecule has 1 amide bonds. The summed E-state index contributed by atoms with van der Waals surface area (Å²) in [5.74, 6) is 1.93. The van der Waals surface area contributed by atoms with E-state index in [0.29, 0.717) is 18.7 Å². The number of likely N-dealkylation sites (tertiary alicyclic amines) is 2. The van der Waals surface area contributed by atoms with Gasteiger partial charge in [-0.25, -0.2) is 4.39 Å². The normalized spacial score (nSPS) is 23.5. The predicted octanol–water partition coefficient (Wildman–Crippen LogP) is 4.00. The van der Waals surface area contributed by atoms with E-state index in [9.17, 15) is 9.18 Å². The van der Waals surface area contributed by atoms with Crippen molar-refractivity contribution in [1.82, 2.24) is 9.80 Å². The van der Waals surface area contributed by atoms with Crippen LogP contribution in [0.25, 0.3) is 0 Å². The van der Waals surface area contributed by atoms with Gasteiger partial charge in [-0.05, 0) is 44.0 Å². The first-order valence-electron chi connectivity index (χ1n) is 9.92. The number of carbonyl (C=O) groups is 1. The first-order chi connectivity index (χ1) is 13.1. The van der Waals surface area contributed by atoms with E-state index in [2.05, 4.69) is 11.8 Å². The van der Waals surface area contributed by atoms with E-state index in [1.54, 1.807) is 12.1 Å². The molecule has 0 aliphatic carbocycles. The van der Waals surface area contributed by atoms with Crippen LogP contribution in [0.5, 0.6) is 0 Å². The maximum Gasteiger partial charge on any atom is 0.230 e. The molecule has 1 spiro atoms. The van der Waals surface area contributed by atoms with E-state index >= 15 is 0 Å². The average molecular weight is 370 g/mol. The summed E-state index contributed by atoms with van der Waals surface area (Å²) in [7, 11) is 0. The SMILES string of the molecule is CCc1ccc(CN2CC[C@@]3(CCCN(Cc4ccccc4F)C3=O)C2)o1. The molecule has 3 heterocycles. The lowest BCUT2D eigenvalue weighted by molar-refractivity contribution is -0.146. The van der Waals surface area contributed by atoms with E-state index in [4.69, 9.17) is 4.42 Å². The van der Waals surface area contributed by atoms with Gasteiger partial charge >= 0.3 is 0 Å². The van der Waals surface area contributed by atoms with Crippen LogP contribution in [0.2, 0.25) is 0 Å². The molecule has 2 saturated heterocycles. The summed E-state index contributed by atoms with van der Waals surface area (Å²) in [6.07, 6.45) is 3.68. The Morgan fingerprint density at radius 3 is 2.67 bits per heavy atom. The zero-order chi connectivity index (χ0) is 18.9. The van der Waals surface area contributed by atoms with Gasteiger partial charge in [0.15, 0.2) is 0 Å². The molecule has 4 rings (SSSR count). The van der Waals surface area contributed by atoms with Crippen LogP contribution in [-0.4, -0.2) is 35.3 Å². The molecule has 2 aliphatic heterocycles. The van der Waals surface area contributed by atoms with Crippen molar-refractivity contribution >= 4 is 5.91 Å². The van der Waals surface area contributed by atoms with Crippen molar-refractivity contribution in [2.75, 3.05) is 19.6 Å². The highest BCUT2D eigenvalue weighted by Crippen LogP contribution is 2.41. The zero-order valence-electron chi connectivity index (χ0n) is 15.9. The Hall–Kier alpha value is -2.14. The number of nitrogens with zero attached hydrogens (tertiary/aromatic N) is 2. The summed E-state index contributed by atoms with van der Waals surface area (Å²) in [4.78, 5) is 17.4. The smallest absolute Gasteiger partial charge is 0.230 e. The van der Waals surface area contributed by atoms with Crippen LogP contribution in [0.1, 0.15) is 43.3 Å². The molecule has 0 unspecified atom stereocenters. The molecule has 0 saturated carbocycles. The Morgan fingerprint density at radius 1 is 1.07 bits per heavy atom. The second kappa shape index (κ2) is 7.47. The lowest BCUT2D eigenvalue weighted by Gasteiger charge is -2.39. The van der Waals surface area contributed by atoms with Crippen LogP contribution in [-0.2, 0) is 24.3 Å². The molecule has 27 heavy (non-hydrogen) atoms. The first-order valence-corrected chi connectivity index (χ1v) is 9.92. The van der Waals surface area contributed by atoms with Crippen molar-refractivity contribution in [1.29, 1.82) is 0 Å². The van der Waals surface area contributed by atoms with Crippen LogP contribution < -0.4 is 0 Å². The molecule has 1 aromatic carbocycles. The summed E-state index contributed by atoms with van der Waals surface area (Å²) >= 11 is 0. The molecule has 2 aliphatic rings. The van der Waals surface area contributed by atoms with Gasteiger partial charge in [0.05, 0.1) is 12.0 Å². The second-order valence-corrected chi connectivity index (χ2v) is 7.88. The Kier molecular flexibility index (Phi) is 5.04. The number of aryl methyl sites for hydroxylation is 1. The number of amides is 1. The highest BCUT2D eigenvalue weighted by Gasteiger charge is 2.48. The minimum Gasteiger partial charge on any atom is -0.465 e. The van der Waals surface area contributed by atoms with Gasteiger partial charge in [0, 0.05) is 31.6 Å². The Bertz CT molecular complexity index is 818. The van der Waals surface area contributed by atoms with Crippen molar-refractivity contribution in [3.63, 3.8) is 0 Å². The van der Waals surface area contributed by atoms with Crippen molar-refractivity contribution in [2.45, 2.75) is 45.7 Å². The van der Waals surface area contributed by atoms with Crippen LogP contribution in [0.15, 0.2) is 40.8 Å². The van der Waals surface area contributed by atoms with E-state index in [-0.39, 0.29) is 17.1 Å². The molecular weight excluding hydrogens is 343 g/mol. The van der Waals surface area contributed by atoms with Gasteiger partial charge in [-0.3, -0.25) is 9.69 Å². The Labute approximate surface area is 159 Å². The summed E-state index contributed by atoms with van der Waals surface area (Å²) in [5, 5.41) is 0. The quantitative estimate of drug-likeness (QED) is 0.798. The van der Waals surface area contributed by atoms with E-state index < -0.39 is 0 Å². The number of rotatable bonds is 5. The van der Waals surface area contributed by atoms with E-state index in [1.807, 2.05) is 23.1 Å². The monoisotopic (exact) mass is 370 g/mol. The largest absolute Gasteiger partial charge is 0.465 e. The molecule has 144 valence electrons. The van der Waals surface area contributed by atoms with Crippen LogP contribution >= 0.6 is 0 Å². The lowest BCUT2D eigenvalue weighted by atomic mass is 9.78. The third kappa shape index (κ3) is 3.65. The molecule has 4 nitrogen and oxygen atoms in total. The fourth-order valence-electron chi connectivity index (χ4n) is 4.52. The minimum atomic E-state index is -0.316. The summed E-state index contributed by atoms with van der Waals surface area (Å²) < 4.78 is 19.9. The van der Waals surface area contributed by atoms with Gasteiger partial charge in [-0.2, -0.15) is 0 Å². The molecule has 0 radical (unpaired) electrons. The summed E-state index contributed by atoms with van der Waals surface area (Å²) in [6.45, 7) is 5.59. The molecular formula is C22H27FN2O2. The predicted molar refractivity (Wildman–Crippen MR) is 101 cm³/mol. The highest BCUT2D eigenvalue weighted by molar-refractivity contribution is 5.84. The third-order valence-corrected chi connectivity index (χ3v) is 6.02. The number of hydrogen-bond donors (Lipinski definition) is 0. The number of halogens is 1. The van der Waals surface area contributed by atoms with Crippen molar-refractivity contribution in [2.24, 2.45) is 5.41 Å². The average Bonchev–Trinajstić information content (AvgIpc) is 3.29. The van der Waals surface area contributed by atoms with Crippen molar-refractivity contribution in [3.8, 4) is 0 Å². The van der Waals surface area contributed by atoms with Gasteiger partial charge in [0.1, 0.15) is 17.3 Å². The second-order valence-electron chi connectivity index (χ2n) is 7.88. The third-order valence-electron chi connectivity index (χ3n) is 6.02. The number of hydrogen-bond acceptors (Lipinski definition) is 3. The van der Waals surface area contributed by atoms with Gasteiger partial charge < -0.3 is 9.32 Å². The number of piperidine rings is 1. The highest BCUT2D eigenvalue weighted by atomic mass is 19.1. The molecule has 1 atom stereocenters. The zero-order valence-corrected chi connectivity index (χ0v) is 15.9. The van der Waals surface area contributed by atoms with Gasteiger partial charge in [-0.1, -0.05) is 25.1 Å². The molecule has 1 aromatic heterocycles. The molecule has 0 N–H and O–H groups in total. The fourth-order valence-corrected chi connectivity index (χ4v) is 4.52. The summed E-state index contributed by atoms with van der Waals surface area (Å²) in [6, 6.07) is 10.8. The van der Waals surface area contributed by atoms with Crippen LogP contribution in [0.3, 0.4) is 0 Å². The topological polar surface area (TPSA) is 36.7 Å². The van der Waals surface area contributed by atoms with Gasteiger partial charge in [-0.15, -0.1) is 0 Å². The maximum absolute atomic E-state index is 14.0. The maximum atomic E-state index is 14.0. The fraction of sp³-hybridized carbons (Fsp3) is 0.500. The van der Waals surface area contributed by atoms with Gasteiger partial charge in [0.2, 0.25) is 5.91 Å². The number of carbonyl (C=O) groups excluding carboxylic acids is 1. The molecule has 2 aromatic rings. The number of benzene rings is 1. The number of furan rings is 1. The van der Waals surface area contributed by atoms with Crippen LogP contribution in [0, 0.1) is 11.2 Å². The first kappa shape index (κ1) is 18.2. The Balaban J connectivity index is 1.43. The lowest BCUT2D eigenvalue weighted by Crippen LogP contribution is -2.49.